The van der Waals surface area contributed by atoms with E-state index in [4.69, 9.17) is 5.73 Å². The SMILES string of the molecule is Cc1ncc(C(C(N)=O)N2CCCC2)cn1. The van der Waals surface area contributed by atoms with E-state index in [0.717, 1.165) is 31.5 Å². The molecular weight excluding hydrogens is 204 g/mol. The molecule has 5 heteroatoms. The predicted octanol–water partition coefficient (Wildman–Crippen LogP) is 0.407. The van der Waals surface area contributed by atoms with Crippen LogP contribution in [0.5, 0.6) is 0 Å². The van der Waals surface area contributed by atoms with Crippen LogP contribution in [0.3, 0.4) is 0 Å². The van der Waals surface area contributed by atoms with Crippen molar-refractivity contribution in [3.8, 4) is 0 Å². The third-order valence-electron chi connectivity index (χ3n) is 2.89. The highest BCUT2D eigenvalue weighted by atomic mass is 16.1. The molecule has 16 heavy (non-hydrogen) atoms. The van der Waals surface area contributed by atoms with Crippen molar-refractivity contribution in [2.45, 2.75) is 25.8 Å². The third-order valence-corrected chi connectivity index (χ3v) is 2.89. The predicted molar refractivity (Wildman–Crippen MR) is 59.5 cm³/mol. The lowest BCUT2D eigenvalue weighted by molar-refractivity contribution is -0.123. The van der Waals surface area contributed by atoms with Gasteiger partial charge in [0, 0.05) is 18.0 Å². The van der Waals surface area contributed by atoms with Gasteiger partial charge in [-0.15, -0.1) is 0 Å². The smallest absolute Gasteiger partial charge is 0.239 e. The number of hydrogen-bond acceptors (Lipinski definition) is 4. The number of nitrogens with two attached hydrogens (primary N) is 1. The van der Waals surface area contributed by atoms with E-state index in [1.807, 2.05) is 6.92 Å². The maximum atomic E-state index is 11.5. The van der Waals surface area contributed by atoms with Crippen molar-refractivity contribution < 1.29 is 4.79 Å². The van der Waals surface area contributed by atoms with Crippen LogP contribution in [0, 0.1) is 6.92 Å². The fourth-order valence-corrected chi connectivity index (χ4v) is 2.10. The number of aromatic nitrogens is 2. The first kappa shape index (κ1) is 11.0. The van der Waals surface area contributed by atoms with E-state index >= 15 is 0 Å². The maximum absolute atomic E-state index is 11.5. The lowest BCUT2D eigenvalue weighted by atomic mass is 10.1. The lowest BCUT2D eigenvalue weighted by Gasteiger charge is -2.24. The topological polar surface area (TPSA) is 72.1 Å². The second kappa shape index (κ2) is 4.57. The number of aryl methyl sites for hydroxylation is 1. The van der Waals surface area contributed by atoms with Gasteiger partial charge in [-0.05, 0) is 32.9 Å². The molecule has 86 valence electrons. The molecule has 0 radical (unpaired) electrons. The highest BCUT2D eigenvalue weighted by Gasteiger charge is 2.28. The number of likely N-dealkylation sites (tertiary alicyclic amines) is 1. The second-order valence-electron chi connectivity index (χ2n) is 4.11. The number of primary amides is 1. The van der Waals surface area contributed by atoms with Crippen LogP contribution in [-0.4, -0.2) is 33.9 Å². The van der Waals surface area contributed by atoms with Crippen molar-refractivity contribution in [3.05, 3.63) is 23.8 Å². The van der Waals surface area contributed by atoms with Gasteiger partial charge in [0.05, 0.1) is 0 Å². The van der Waals surface area contributed by atoms with Gasteiger partial charge in [-0.1, -0.05) is 0 Å². The van der Waals surface area contributed by atoms with Crippen LogP contribution >= 0.6 is 0 Å². The molecule has 2 N–H and O–H groups in total. The first-order valence-corrected chi connectivity index (χ1v) is 5.50. The largest absolute Gasteiger partial charge is 0.368 e. The molecule has 2 rings (SSSR count). The molecular formula is C11H16N4O. The molecule has 1 fully saturated rings. The normalized spacial score (nSPS) is 18.6. The summed E-state index contributed by atoms with van der Waals surface area (Å²) in [5, 5.41) is 0. The van der Waals surface area contributed by atoms with Gasteiger partial charge in [0.25, 0.3) is 0 Å². The molecule has 0 saturated carbocycles. The van der Waals surface area contributed by atoms with E-state index in [0.29, 0.717) is 5.82 Å². The van der Waals surface area contributed by atoms with Gasteiger partial charge in [0.2, 0.25) is 5.91 Å². The van der Waals surface area contributed by atoms with E-state index < -0.39 is 0 Å². The second-order valence-corrected chi connectivity index (χ2v) is 4.11. The molecule has 0 spiro atoms. The molecule has 1 saturated heterocycles. The Morgan fingerprint density at radius 3 is 2.44 bits per heavy atom. The molecule has 1 unspecified atom stereocenters. The fourth-order valence-electron chi connectivity index (χ4n) is 2.10. The van der Waals surface area contributed by atoms with Gasteiger partial charge in [-0.3, -0.25) is 9.69 Å². The van der Waals surface area contributed by atoms with E-state index in [1.165, 1.54) is 0 Å². The van der Waals surface area contributed by atoms with E-state index in [2.05, 4.69) is 14.9 Å². The van der Waals surface area contributed by atoms with Gasteiger partial charge in [0.15, 0.2) is 0 Å². The van der Waals surface area contributed by atoms with Gasteiger partial charge in [-0.25, -0.2) is 9.97 Å². The van der Waals surface area contributed by atoms with Crippen molar-refractivity contribution >= 4 is 5.91 Å². The number of carbonyl (C=O) groups excluding carboxylic acids is 1. The molecule has 1 aromatic rings. The molecule has 1 aliphatic rings. The Bertz CT molecular complexity index is 370. The first-order valence-electron chi connectivity index (χ1n) is 5.50. The Morgan fingerprint density at radius 1 is 1.38 bits per heavy atom. The Labute approximate surface area is 94.7 Å². The first-order chi connectivity index (χ1) is 7.68. The van der Waals surface area contributed by atoms with Crippen LogP contribution in [0.1, 0.15) is 30.3 Å². The summed E-state index contributed by atoms with van der Waals surface area (Å²) in [5.41, 5.74) is 6.24. The number of hydrogen-bond donors (Lipinski definition) is 1. The standard InChI is InChI=1S/C11H16N4O/c1-8-13-6-9(7-14-8)10(11(12)16)15-4-2-3-5-15/h6-7,10H,2-5H2,1H3,(H2,12,16). The van der Waals surface area contributed by atoms with Crippen LogP contribution in [0.15, 0.2) is 12.4 Å². The van der Waals surface area contributed by atoms with Crippen LogP contribution < -0.4 is 5.73 Å². The van der Waals surface area contributed by atoms with Crippen LogP contribution in [0.4, 0.5) is 0 Å². The van der Waals surface area contributed by atoms with Crippen LogP contribution in [-0.2, 0) is 4.79 Å². The Balaban J connectivity index is 2.24. The van der Waals surface area contributed by atoms with E-state index in [-0.39, 0.29) is 11.9 Å². The zero-order valence-electron chi connectivity index (χ0n) is 9.39. The molecule has 1 amide bonds. The highest BCUT2D eigenvalue weighted by Crippen LogP contribution is 2.23. The molecule has 0 aromatic carbocycles. The van der Waals surface area contributed by atoms with E-state index in [9.17, 15) is 4.79 Å². The minimum absolute atomic E-state index is 0.325. The van der Waals surface area contributed by atoms with Crippen molar-refractivity contribution in [2.24, 2.45) is 5.73 Å². The minimum atomic E-state index is -0.372. The van der Waals surface area contributed by atoms with Gasteiger partial charge >= 0.3 is 0 Å². The zero-order chi connectivity index (χ0) is 11.5. The van der Waals surface area contributed by atoms with Crippen molar-refractivity contribution in [3.63, 3.8) is 0 Å². The number of nitrogens with zero attached hydrogens (tertiary/aromatic N) is 3. The number of amides is 1. The molecule has 5 nitrogen and oxygen atoms in total. The highest BCUT2D eigenvalue weighted by molar-refractivity contribution is 5.81. The summed E-state index contributed by atoms with van der Waals surface area (Å²) in [6, 6.07) is -0.372. The quantitative estimate of drug-likeness (QED) is 0.800. The van der Waals surface area contributed by atoms with Gasteiger partial charge in [-0.2, -0.15) is 0 Å². The summed E-state index contributed by atoms with van der Waals surface area (Å²) in [6.07, 6.45) is 5.62. The van der Waals surface area contributed by atoms with Crippen LogP contribution in [0.2, 0.25) is 0 Å². The summed E-state index contributed by atoms with van der Waals surface area (Å²) in [7, 11) is 0. The molecule has 1 aliphatic heterocycles. The van der Waals surface area contributed by atoms with Gasteiger partial charge in [0.1, 0.15) is 11.9 Å². The summed E-state index contributed by atoms with van der Waals surface area (Å²) >= 11 is 0. The minimum Gasteiger partial charge on any atom is -0.368 e. The zero-order valence-corrected chi connectivity index (χ0v) is 9.39. The Kier molecular flexibility index (Phi) is 3.14. The van der Waals surface area contributed by atoms with Gasteiger partial charge < -0.3 is 5.73 Å². The lowest BCUT2D eigenvalue weighted by Crippen LogP contribution is -2.36. The Morgan fingerprint density at radius 2 is 1.94 bits per heavy atom. The van der Waals surface area contributed by atoms with Crippen molar-refractivity contribution in [1.29, 1.82) is 0 Å². The van der Waals surface area contributed by atoms with Crippen molar-refractivity contribution in [2.75, 3.05) is 13.1 Å². The Hall–Kier alpha value is -1.49. The van der Waals surface area contributed by atoms with Crippen molar-refractivity contribution in [1.82, 2.24) is 14.9 Å². The molecule has 1 aromatic heterocycles. The summed E-state index contributed by atoms with van der Waals surface area (Å²) in [6.45, 7) is 3.65. The number of carbonyl (C=O) groups is 1. The average Bonchev–Trinajstić information content (AvgIpc) is 2.74. The molecule has 1 atom stereocenters. The molecule has 0 bridgehead atoms. The summed E-state index contributed by atoms with van der Waals surface area (Å²) < 4.78 is 0. The molecule has 0 aliphatic carbocycles. The average molecular weight is 220 g/mol. The molecule has 2 heterocycles. The van der Waals surface area contributed by atoms with E-state index in [1.54, 1.807) is 12.4 Å². The summed E-state index contributed by atoms with van der Waals surface area (Å²) in [5.74, 6) is 0.378. The number of rotatable bonds is 3. The fraction of sp³-hybridized carbons (Fsp3) is 0.545. The summed E-state index contributed by atoms with van der Waals surface area (Å²) in [4.78, 5) is 21.8. The maximum Gasteiger partial charge on any atom is 0.239 e. The van der Waals surface area contributed by atoms with Crippen LogP contribution in [0.25, 0.3) is 0 Å². The monoisotopic (exact) mass is 220 g/mol. The third kappa shape index (κ3) is 2.19.